The highest BCUT2D eigenvalue weighted by molar-refractivity contribution is 14.1. The summed E-state index contributed by atoms with van der Waals surface area (Å²) in [5.74, 6) is -0.889. The van der Waals surface area contributed by atoms with E-state index in [9.17, 15) is 12.8 Å². The molecule has 0 bridgehead atoms. The molecule has 0 aromatic heterocycles. The summed E-state index contributed by atoms with van der Waals surface area (Å²) in [5.41, 5.74) is 5.81. The van der Waals surface area contributed by atoms with Gasteiger partial charge in [-0.25, -0.2) is 12.8 Å². The topological polar surface area (TPSA) is 72.2 Å². The lowest BCUT2D eigenvalue weighted by Gasteiger charge is -2.12. The second-order valence-corrected chi connectivity index (χ2v) is 7.42. The van der Waals surface area contributed by atoms with Gasteiger partial charge in [0.2, 0.25) is 0 Å². The van der Waals surface area contributed by atoms with E-state index in [2.05, 4.69) is 4.72 Å². The van der Waals surface area contributed by atoms with Crippen LogP contribution in [0.15, 0.2) is 41.3 Å². The number of nitrogens with one attached hydrogen (secondary N) is 1. The van der Waals surface area contributed by atoms with Gasteiger partial charge in [0.25, 0.3) is 10.0 Å². The molecular formula is C13H11ClFIN2O2S. The van der Waals surface area contributed by atoms with Crippen LogP contribution in [-0.4, -0.2) is 8.42 Å². The highest BCUT2D eigenvalue weighted by Gasteiger charge is 2.23. The summed E-state index contributed by atoms with van der Waals surface area (Å²) in [4.78, 5) is -0.518. The number of benzene rings is 2. The van der Waals surface area contributed by atoms with Crippen molar-refractivity contribution in [2.45, 2.75) is 11.4 Å². The average molecular weight is 441 g/mol. The quantitative estimate of drug-likeness (QED) is 0.716. The number of para-hydroxylation sites is 1. The number of rotatable bonds is 4. The molecule has 2 aromatic carbocycles. The second kappa shape index (κ2) is 6.47. The highest BCUT2D eigenvalue weighted by atomic mass is 127. The Balaban J connectivity index is 2.50. The minimum Gasteiger partial charge on any atom is -0.326 e. The number of hydrogen-bond donors (Lipinski definition) is 2. The van der Waals surface area contributed by atoms with Gasteiger partial charge in [0.1, 0.15) is 10.7 Å². The molecule has 0 radical (unpaired) electrons. The first-order valence-corrected chi connectivity index (χ1v) is 8.74. The Kier molecular flexibility index (Phi) is 5.07. The standard InChI is InChI=1S/C13H11ClFIN2O2S/c14-9-5-8(7-17)13(15)12(6-9)21(19,20)18-11-4-2-1-3-10(11)16/h1-6,18H,7,17H2. The van der Waals surface area contributed by atoms with Crippen molar-refractivity contribution >= 4 is 49.9 Å². The van der Waals surface area contributed by atoms with Gasteiger partial charge in [-0.1, -0.05) is 23.7 Å². The fourth-order valence-electron chi connectivity index (χ4n) is 1.71. The summed E-state index contributed by atoms with van der Waals surface area (Å²) in [7, 11) is -4.09. The molecule has 2 rings (SSSR count). The van der Waals surface area contributed by atoms with Crippen molar-refractivity contribution in [3.63, 3.8) is 0 Å². The summed E-state index contributed by atoms with van der Waals surface area (Å²) in [6.45, 7) is -0.141. The minimum absolute atomic E-state index is 0.0469. The van der Waals surface area contributed by atoms with Gasteiger partial charge in [0, 0.05) is 20.7 Å². The van der Waals surface area contributed by atoms with Crippen molar-refractivity contribution in [2.24, 2.45) is 5.73 Å². The van der Waals surface area contributed by atoms with Crippen molar-refractivity contribution in [3.8, 4) is 0 Å². The molecule has 0 amide bonds. The van der Waals surface area contributed by atoms with E-state index in [-0.39, 0.29) is 17.1 Å². The molecular weight excluding hydrogens is 430 g/mol. The van der Waals surface area contributed by atoms with Crippen molar-refractivity contribution in [1.29, 1.82) is 0 Å². The molecule has 2 aromatic rings. The van der Waals surface area contributed by atoms with Crippen LogP contribution >= 0.6 is 34.2 Å². The second-order valence-electron chi connectivity index (χ2n) is 4.17. The van der Waals surface area contributed by atoms with Gasteiger partial charge in [-0.2, -0.15) is 0 Å². The van der Waals surface area contributed by atoms with E-state index >= 15 is 0 Å². The lowest BCUT2D eigenvalue weighted by molar-refractivity contribution is 0.561. The third-order valence-electron chi connectivity index (χ3n) is 2.71. The maximum atomic E-state index is 14.2. The number of halogens is 3. The van der Waals surface area contributed by atoms with Crippen molar-refractivity contribution in [3.05, 3.63) is 56.4 Å². The normalized spacial score (nSPS) is 11.4. The Bertz CT molecular complexity index is 784. The van der Waals surface area contributed by atoms with Crippen LogP contribution in [0.3, 0.4) is 0 Å². The number of anilines is 1. The van der Waals surface area contributed by atoms with E-state index in [0.717, 1.165) is 6.07 Å². The molecule has 0 heterocycles. The largest absolute Gasteiger partial charge is 0.326 e. The zero-order chi connectivity index (χ0) is 15.6. The molecule has 8 heteroatoms. The predicted molar refractivity (Wildman–Crippen MR) is 89.3 cm³/mol. The third kappa shape index (κ3) is 3.65. The van der Waals surface area contributed by atoms with Crippen molar-refractivity contribution in [2.75, 3.05) is 4.72 Å². The van der Waals surface area contributed by atoms with Crippen LogP contribution in [0.25, 0.3) is 0 Å². The first-order chi connectivity index (χ1) is 9.85. The van der Waals surface area contributed by atoms with E-state index in [4.69, 9.17) is 17.3 Å². The van der Waals surface area contributed by atoms with Crippen LogP contribution < -0.4 is 10.5 Å². The predicted octanol–water partition coefficient (Wildman–Crippen LogP) is 3.34. The summed E-state index contributed by atoms with van der Waals surface area (Å²) < 4.78 is 41.9. The minimum atomic E-state index is -4.09. The molecule has 0 fully saturated rings. The highest BCUT2D eigenvalue weighted by Crippen LogP contribution is 2.27. The fourth-order valence-corrected chi connectivity index (χ4v) is 3.94. The number of nitrogens with two attached hydrogens (primary N) is 1. The monoisotopic (exact) mass is 440 g/mol. The Morgan fingerprint density at radius 3 is 2.57 bits per heavy atom. The van der Waals surface area contributed by atoms with Gasteiger partial charge >= 0.3 is 0 Å². The van der Waals surface area contributed by atoms with Crippen LogP contribution in [0.5, 0.6) is 0 Å². The lowest BCUT2D eigenvalue weighted by atomic mass is 10.2. The van der Waals surface area contributed by atoms with Gasteiger partial charge in [-0.3, -0.25) is 4.72 Å². The molecule has 21 heavy (non-hydrogen) atoms. The molecule has 112 valence electrons. The summed E-state index contributed by atoms with van der Waals surface area (Å²) >= 11 is 7.81. The van der Waals surface area contributed by atoms with Gasteiger partial charge < -0.3 is 5.73 Å². The van der Waals surface area contributed by atoms with Gasteiger partial charge in [0.15, 0.2) is 0 Å². The zero-order valence-electron chi connectivity index (χ0n) is 10.6. The molecule has 0 unspecified atom stereocenters. The number of sulfonamides is 1. The van der Waals surface area contributed by atoms with Gasteiger partial charge in [0.05, 0.1) is 5.69 Å². The fraction of sp³-hybridized carbons (Fsp3) is 0.0769. The van der Waals surface area contributed by atoms with Gasteiger partial charge in [-0.05, 0) is 46.9 Å². The zero-order valence-corrected chi connectivity index (χ0v) is 14.3. The molecule has 0 atom stereocenters. The Morgan fingerprint density at radius 1 is 1.29 bits per heavy atom. The molecule has 0 aliphatic carbocycles. The lowest BCUT2D eigenvalue weighted by Crippen LogP contribution is -2.17. The van der Waals surface area contributed by atoms with Crippen LogP contribution in [0.1, 0.15) is 5.56 Å². The molecule has 0 spiro atoms. The van der Waals surface area contributed by atoms with E-state index in [1.165, 1.54) is 6.07 Å². The molecule has 3 N–H and O–H groups in total. The first kappa shape index (κ1) is 16.5. The van der Waals surface area contributed by atoms with Crippen LogP contribution in [0.4, 0.5) is 10.1 Å². The van der Waals surface area contributed by atoms with E-state index in [1.807, 2.05) is 22.6 Å². The summed E-state index contributed by atoms with van der Waals surface area (Å²) in [6, 6.07) is 9.14. The van der Waals surface area contributed by atoms with Crippen molar-refractivity contribution in [1.82, 2.24) is 0 Å². The van der Waals surface area contributed by atoms with E-state index < -0.39 is 20.7 Å². The molecule has 4 nitrogen and oxygen atoms in total. The first-order valence-electron chi connectivity index (χ1n) is 5.80. The number of hydrogen-bond acceptors (Lipinski definition) is 3. The van der Waals surface area contributed by atoms with Gasteiger partial charge in [-0.15, -0.1) is 0 Å². The van der Waals surface area contributed by atoms with Crippen molar-refractivity contribution < 1.29 is 12.8 Å². The Morgan fingerprint density at radius 2 is 1.95 bits per heavy atom. The average Bonchev–Trinajstić information content (AvgIpc) is 2.43. The maximum absolute atomic E-state index is 14.2. The molecule has 0 aliphatic heterocycles. The van der Waals surface area contributed by atoms with Crippen LogP contribution in [0.2, 0.25) is 5.02 Å². The third-order valence-corrected chi connectivity index (χ3v) is 5.23. The van der Waals surface area contributed by atoms with E-state index in [0.29, 0.717) is 9.26 Å². The van der Waals surface area contributed by atoms with E-state index in [1.54, 1.807) is 24.3 Å². The Labute approximate surface area is 140 Å². The molecule has 0 saturated heterocycles. The summed E-state index contributed by atoms with van der Waals surface area (Å²) in [5, 5.41) is 0.111. The smallest absolute Gasteiger partial charge is 0.264 e. The maximum Gasteiger partial charge on any atom is 0.264 e. The Hall–Kier alpha value is -0.900. The molecule has 0 saturated carbocycles. The SMILES string of the molecule is NCc1cc(Cl)cc(S(=O)(=O)Nc2ccccc2I)c1F. The van der Waals surface area contributed by atoms with Crippen LogP contribution in [-0.2, 0) is 16.6 Å². The molecule has 0 aliphatic rings. The van der Waals surface area contributed by atoms with Crippen LogP contribution in [0, 0.1) is 9.39 Å². The summed E-state index contributed by atoms with van der Waals surface area (Å²) in [6.07, 6.45) is 0.